The van der Waals surface area contributed by atoms with E-state index in [0.717, 1.165) is 16.6 Å². The molecule has 1 aromatic heterocycles. The summed E-state index contributed by atoms with van der Waals surface area (Å²) < 4.78 is 1.67. The van der Waals surface area contributed by atoms with E-state index in [9.17, 15) is 4.79 Å². The molecule has 0 radical (unpaired) electrons. The van der Waals surface area contributed by atoms with Crippen LogP contribution in [0.2, 0.25) is 0 Å². The zero-order valence-electron chi connectivity index (χ0n) is 12.3. The smallest absolute Gasteiger partial charge is 0.252 e. The van der Waals surface area contributed by atoms with Crippen LogP contribution >= 0.6 is 0 Å². The highest BCUT2D eigenvalue weighted by Crippen LogP contribution is 2.21. The molecular weight excluding hydrogens is 260 g/mol. The second kappa shape index (κ2) is 5.44. The fourth-order valence-electron chi connectivity index (χ4n) is 2.58. The topological polar surface area (TPSA) is 34.0 Å². The largest absolute Gasteiger partial charge is 0.380 e. The summed E-state index contributed by atoms with van der Waals surface area (Å²) >= 11 is 0. The van der Waals surface area contributed by atoms with Gasteiger partial charge in [0.05, 0.1) is 5.52 Å². The number of benzene rings is 2. The van der Waals surface area contributed by atoms with Gasteiger partial charge in [-0.05, 0) is 18.6 Å². The Hall–Kier alpha value is -2.55. The number of hydrogen-bond acceptors (Lipinski definition) is 2. The Kier molecular flexibility index (Phi) is 3.48. The van der Waals surface area contributed by atoms with E-state index in [4.69, 9.17) is 0 Å². The molecule has 0 spiro atoms. The van der Waals surface area contributed by atoms with E-state index in [1.54, 1.807) is 17.7 Å². The zero-order chi connectivity index (χ0) is 14.8. The molecule has 0 unspecified atom stereocenters. The van der Waals surface area contributed by atoms with Crippen molar-refractivity contribution >= 4 is 16.6 Å². The second-order valence-corrected chi connectivity index (χ2v) is 5.32. The predicted molar refractivity (Wildman–Crippen MR) is 87.7 cm³/mol. The maximum Gasteiger partial charge on any atom is 0.252 e. The monoisotopic (exact) mass is 278 g/mol. The molecule has 2 aromatic carbocycles. The number of aromatic nitrogens is 1. The third-order valence-corrected chi connectivity index (χ3v) is 3.72. The van der Waals surface area contributed by atoms with Gasteiger partial charge >= 0.3 is 0 Å². The van der Waals surface area contributed by atoms with Crippen LogP contribution in [0.4, 0.5) is 5.69 Å². The van der Waals surface area contributed by atoms with E-state index < -0.39 is 0 Å². The molecule has 3 heteroatoms. The Bertz CT molecular complexity index is 849. The van der Waals surface area contributed by atoms with Crippen LogP contribution < -0.4 is 10.9 Å². The summed E-state index contributed by atoms with van der Waals surface area (Å²) in [4.78, 5) is 12.0. The number of rotatable bonds is 3. The SMILES string of the molecule is Cc1cccc(CNc2cc(=O)n(C)c3ccccc23)c1. The van der Waals surface area contributed by atoms with Gasteiger partial charge in [-0.1, -0.05) is 48.0 Å². The summed E-state index contributed by atoms with van der Waals surface area (Å²) in [6.45, 7) is 2.79. The van der Waals surface area contributed by atoms with Crippen molar-refractivity contribution in [2.24, 2.45) is 7.05 Å². The molecule has 0 aliphatic heterocycles. The molecular formula is C18H18N2O. The standard InChI is InChI=1S/C18H18N2O/c1-13-6-5-7-14(10-13)12-19-16-11-18(21)20(2)17-9-4-3-8-15(16)17/h3-11,19H,12H2,1-2H3. The minimum atomic E-state index is 0.000409. The number of fused-ring (bicyclic) bond motifs is 1. The van der Waals surface area contributed by atoms with Crippen LogP contribution in [0.1, 0.15) is 11.1 Å². The van der Waals surface area contributed by atoms with Gasteiger partial charge < -0.3 is 9.88 Å². The van der Waals surface area contributed by atoms with E-state index in [1.165, 1.54) is 11.1 Å². The Balaban J connectivity index is 1.98. The van der Waals surface area contributed by atoms with Gasteiger partial charge in [-0.2, -0.15) is 0 Å². The second-order valence-electron chi connectivity index (χ2n) is 5.32. The first-order chi connectivity index (χ1) is 10.1. The third kappa shape index (κ3) is 2.68. The maximum absolute atomic E-state index is 12.0. The molecule has 3 nitrogen and oxygen atoms in total. The molecule has 0 saturated heterocycles. The minimum absolute atomic E-state index is 0.000409. The molecule has 1 heterocycles. The van der Waals surface area contributed by atoms with Gasteiger partial charge in [-0.15, -0.1) is 0 Å². The molecule has 3 aromatic rings. The number of anilines is 1. The third-order valence-electron chi connectivity index (χ3n) is 3.72. The van der Waals surface area contributed by atoms with E-state index in [2.05, 4.69) is 36.5 Å². The average Bonchev–Trinajstić information content (AvgIpc) is 2.50. The van der Waals surface area contributed by atoms with Crippen molar-refractivity contribution in [3.63, 3.8) is 0 Å². The van der Waals surface area contributed by atoms with Crippen molar-refractivity contribution in [1.82, 2.24) is 4.57 Å². The quantitative estimate of drug-likeness (QED) is 0.796. The molecule has 106 valence electrons. The fraction of sp³-hybridized carbons (Fsp3) is 0.167. The van der Waals surface area contributed by atoms with Crippen LogP contribution in [0.3, 0.4) is 0 Å². The summed E-state index contributed by atoms with van der Waals surface area (Å²) in [5, 5.41) is 4.45. The Morgan fingerprint density at radius 1 is 1.05 bits per heavy atom. The van der Waals surface area contributed by atoms with Crippen LogP contribution in [0, 0.1) is 6.92 Å². The lowest BCUT2D eigenvalue weighted by Gasteiger charge is -2.12. The van der Waals surface area contributed by atoms with Crippen LogP contribution in [0.15, 0.2) is 59.4 Å². The van der Waals surface area contributed by atoms with Crippen molar-refractivity contribution in [1.29, 1.82) is 0 Å². The molecule has 0 bridgehead atoms. The first kappa shape index (κ1) is 13.4. The van der Waals surface area contributed by atoms with E-state index in [-0.39, 0.29) is 5.56 Å². The van der Waals surface area contributed by atoms with E-state index in [1.807, 2.05) is 24.3 Å². The number of para-hydroxylation sites is 1. The maximum atomic E-state index is 12.0. The van der Waals surface area contributed by atoms with Gasteiger partial charge in [0.25, 0.3) is 5.56 Å². The molecule has 0 aliphatic carbocycles. The lowest BCUT2D eigenvalue weighted by Crippen LogP contribution is -2.17. The number of pyridine rings is 1. The molecule has 0 saturated carbocycles. The van der Waals surface area contributed by atoms with Gasteiger partial charge in [0.1, 0.15) is 0 Å². The van der Waals surface area contributed by atoms with Gasteiger partial charge in [0, 0.05) is 30.7 Å². The van der Waals surface area contributed by atoms with Crippen molar-refractivity contribution in [2.75, 3.05) is 5.32 Å². The molecule has 0 atom stereocenters. The van der Waals surface area contributed by atoms with Crippen LogP contribution in [0.25, 0.3) is 10.9 Å². The minimum Gasteiger partial charge on any atom is -0.380 e. The first-order valence-electron chi connectivity index (χ1n) is 7.03. The molecule has 0 amide bonds. The van der Waals surface area contributed by atoms with Gasteiger partial charge in [0.2, 0.25) is 0 Å². The van der Waals surface area contributed by atoms with Crippen molar-refractivity contribution in [3.05, 3.63) is 76.1 Å². The first-order valence-corrected chi connectivity index (χ1v) is 7.03. The number of nitrogens with one attached hydrogen (secondary N) is 1. The van der Waals surface area contributed by atoms with E-state index >= 15 is 0 Å². The highest BCUT2D eigenvalue weighted by atomic mass is 16.1. The van der Waals surface area contributed by atoms with Crippen LogP contribution in [-0.4, -0.2) is 4.57 Å². The predicted octanol–water partition coefficient (Wildman–Crippen LogP) is 3.46. The van der Waals surface area contributed by atoms with Gasteiger partial charge in [-0.25, -0.2) is 0 Å². The Labute approximate surface area is 123 Å². The van der Waals surface area contributed by atoms with Crippen molar-refractivity contribution in [3.8, 4) is 0 Å². The van der Waals surface area contributed by atoms with Crippen molar-refractivity contribution in [2.45, 2.75) is 13.5 Å². The average molecular weight is 278 g/mol. The molecule has 0 aliphatic rings. The summed E-state index contributed by atoms with van der Waals surface area (Å²) in [5.41, 5.74) is 4.27. The zero-order valence-corrected chi connectivity index (χ0v) is 12.3. The van der Waals surface area contributed by atoms with Crippen LogP contribution in [0.5, 0.6) is 0 Å². The highest BCUT2D eigenvalue weighted by molar-refractivity contribution is 5.91. The molecule has 1 N–H and O–H groups in total. The summed E-state index contributed by atoms with van der Waals surface area (Å²) in [7, 11) is 1.80. The van der Waals surface area contributed by atoms with Gasteiger partial charge in [-0.3, -0.25) is 4.79 Å². The summed E-state index contributed by atoms with van der Waals surface area (Å²) in [6.07, 6.45) is 0. The summed E-state index contributed by atoms with van der Waals surface area (Å²) in [6, 6.07) is 18.0. The number of aryl methyl sites for hydroxylation is 2. The van der Waals surface area contributed by atoms with Crippen LogP contribution in [-0.2, 0) is 13.6 Å². The van der Waals surface area contributed by atoms with Crippen molar-refractivity contribution < 1.29 is 0 Å². The Morgan fingerprint density at radius 3 is 2.67 bits per heavy atom. The van der Waals surface area contributed by atoms with E-state index in [0.29, 0.717) is 6.54 Å². The normalized spacial score (nSPS) is 10.8. The number of nitrogens with zero attached hydrogens (tertiary/aromatic N) is 1. The lowest BCUT2D eigenvalue weighted by atomic mass is 10.1. The molecule has 21 heavy (non-hydrogen) atoms. The lowest BCUT2D eigenvalue weighted by molar-refractivity contribution is 0.905. The molecule has 0 fully saturated rings. The molecule has 3 rings (SSSR count). The fourth-order valence-corrected chi connectivity index (χ4v) is 2.58. The summed E-state index contributed by atoms with van der Waals surface area (Å²) in [5.74, 6) is 0. The number of hydrogen-bond donors (Lipinski definition) is 1. The van der Waals surface area contributed by atoms with Gasteiger partial charge in [0.15, 0.2) is 0 Å². The Morgan fingerprint density at radius 2 is 1.86 bits per heavy atom. The highest BCUT2D eigenvalue weighted by Gasteiger charge is 2.05.